The number of likely N-dealkylation sites (N-methyl/N-ethyl adjacent to an activating group) is 1. The zero-order valence-electron chi connectivity index (χ0n) is 24.3. The molecule has 5 rings (SSSR count). The molecule has 0 spiro atoms. The highest BCUT2D eigenvalue weighted by Crippen LogP contribution is 2.28. The van der Waals surface area contributed by atoms with Gasteiger partial charge in [0.2, 0.25) is 5.91 Å². The molecule has 0 unspecified atom stereocenters. The molecule has 12 heteroatoms. The topological polar surface area (TPSA) is 102 Å². The lowest BCUT2D eigenvalue weighted by Gasteiger charge is -2.47. The molecule has 2 fully saturated rings. The van der Waals surface area contributed by atoms with Gasteiger partial charge in [-0.15, -0.1) is 0 Å². The number of amides is 3. The van der Waals surface area contributed by atoms with Crippen molar-refractivity contribution in [3.8, 4) is 11.5 Å². The molecule has 0 bridgehead atoms. The number of hydrogen-bond donors (Lipinski definition) is 3. The van der Waals surface area contributed by atoms with Gasteiger partial charge >= 0.3 is 6.03 Å². The molecule has 2 aromatic carbocycles. The maximum Gasteiger partial charge on any atom is 0.323 e. The molecule has 0 radical (unpaired) electrons. The summed E-state index contributed by atoms with van der Waals surface area (Å²) in [6.07, 6.45) is 3.51. The van der Waals surface area contributed by atoms with Crippen molar-refractivity contribution in [2.45, 2.75) is 31.3 Å². The minimum atomic E-state index is -0.634. The third-order valence-corrected chi connectivity index (χ3v) is 7.98. The van der Waals surface area contributed by atoms with E-state index in [2.05, 4.69) is 37.8 Å². The summed E-state index contributed by atoms with van der Waals surface area (Å²) in [7, 11) is 3.94. The normalized spacial score (nSPS) is 16.2. The number of pyridine rings is 1. The van der Waals surface area contributed by atoms with Gasteiger partial charge in [0.15, 0.2) is 16.7 Å². The number of ether oxygens (including phenoxy) is 1. The first-order chi connectivity index (χ1) is 20.7. The number of thiocarbonyl (C=S) groups is 1. The Balaban J connectivity index is 1.10. The molecule has 10 nitrogen and oxygen atoms in total. The van der Waals surface area contributed by atoms with Crippen LogP contribution < -0.4 is 20.7 Å². The summed E-state index contributed by atoms with van der Waals surface area (Å²) in [5, 5.41) is 8.29. The van der Waals surface area contributed by atoms with Gasteiger partial charge in [-0.05, 0) is 55.9 Å². The zero-order chi connectivity index (χ0) is 30.3. The predicted molar refractivity (Wildman–Crippen MR) is 168 cm³/mol. The van der Waals surface area contributed by atoms with Gasteiger partial charge in [0, 0.05) is 69.3 Å². The van der Waals surface area contributed by atoms with Crippen LogP contribution in [0.2, 0.25) is 0 Å². The average molecular weight is 606 g/mol. The van der Waals surface area contributed by atoms with E-state index in [1.807, 2.05) is 30.3 Å². The molecule has 3 N–H and O–H groups in total. The molecule has 3 heterocycles. The lowest BCUT2D eigenvalue weighted by molar-refractivity contribution is -0.119. The Kier molecular flexibility index (Phi) is 9.80. The van der Waals surface area contributed by atoms with Crippen molar-refractivity contribution in [2.24, 2.45) is 0 Å². The number of piperidine rings is 1. The summed E-state index contributed by atoms with van der Waals surface area (Å²) in [6, 6.07) is 17.2. The molecule has 2 aliphatic rings. The molecule has 3 amide bonds. The SMILES string of the molecule is CN1CC(N2CCC(N(C)C(=O)Nc3cc(Oc4ccc(NC(=S)NC(=O)Cc5ccccc5)cc4F)ccn3)CC2)C1. The van der Waals surface area contributed by atoms with Crippen LogP contribution in [0.1, 0.15) is 18.4 Å². The molecular formula is C31H36FN7O3S. The van der Waals surface area contributed by atoms with Gasteiger partial charge in [-0.3, -0.25) is 15.0 Å². The number of nitrogens with one attached hydrogen (secondary N) is 3. The van der Waals surface area contributed by atoms with E-state index in [0.717, 1.165) is 44.6 Å². The standard InChI is InChI=1S/C31H36FN7O3S/c1-37-19-24(20-37)39-14-11-23(12-15-39)38(2)31(41)35-28-18-25(10-13-33-28)42-27-9-8-22(17-26(27)32)34-30(43)36-29(40)16-21-6-4-3-5-7-21/h3-10,13,17-18,23-24H,11-12,14-16,19-20H2,1-2H3,(H,33,35,41)(H2,34,36,40,43). The molecular weight excluding hydrogens is 569 g/mol. The van der Waals surface area contributed by atoms with Crippen molar-refractivity contribution in [2.75, 3.05) is 50.9 Å². The second-order valence-corrected chi connectivity index (χ2v) is 11.4. The van der Waals surface area contributed by atoms with Crippen LogP contribution in [0.3, 0.4) is 0 Å². The molecule has 2 saturated heterocycles. The Morgan fingerprint density at radius 1 is 1.07 bits per heavy atom. The smallest absolute Gasteiger partial charge is 0.323 e. The largest absolute Gasteiger partial charge is 0.454 e. The summed E-state index contributed by atoms with van der Waals surface area (Å²) < 4.78 is 20.6. The first-order valence-electron chi connectivity index (χ1n) is 14.3. The van der Waals surface area contributed by atoms with Gasteiger partial charge in [-0.1, -0.05) is 30.3 Å². The first kappa shape index (κ1) is 30.3. The lowest BCUT2D eigenvalue weighted by atomic mass is 9.99. The highest BCUT2D eigenvalue weighted by Gasteiger charge is 2.33. The molecule has 0 saturated carbocycles. The molecule has 1 aromatic heterocycles. The summed E-state index contributed by atoms with van der Waals surface area (Å²) in [6.45, 7) is 4.19. The number of likely N-dealkylation sites (tertiary alicyclic amines) is 2. The number of carbonyl (C=O) groups excluding carboxylic acids is 2. The van der Waals surface area contributed by atoms with Crippen LogP contribution in [0.4, 0.5) is 20.7 Å². The fourth-order valence-electron chi connectivity index (χ4n) is 5.34. The summed E-state index contributed by atoms with van der Waals surface area (Å²) in [5.74, 6) is -0.312. The minimum absolute atomic E-state index is 0.0189. The van der Waals surface area contributed by atoms with Crippen LogP contribution in [0, 0.1) is 5.82 Å². The van der Waals surface area contributed by atoms with Gasteiger partial charge in [0.1, 0.15) is 11.6 Å². The number of hydrogen-bond acceptors (Lipinski definition) is 7. The quantitative estimate of drug-likeness (QED) is 0.327. The second-order valence-electron chi connectivity index (χ2n) is 11.0. The van der Waals surface area contributed by atoms with E-state index in [4.69, 9.17) is 17.0 Å². The Hall–Kier alpha value is -4.13. The van der Waals surface area contributed by atoms with Gasteiger partial charge in [0.05, 0.1) is 6.42 Å². The number of benzene rings is 2. The lowest BCUT2D eigenvalue weighted by Crippen LogP contribution is -2.60. The fourth-order valence-corrected chi connectivity index (χ4v) is 5.58. The van der Waals surface area contributed by atoms with Gasteiger partial charge in [-0.2, -0.15) is 0 Å². The maximum absolute atomic E-state index is 14.9. The van der Waals surface area contributed by atoms with Crippen LogP contribution in [0.15, 0.2) is 66.9 Å². The Labute approximate surface area is 256 Å². The number of urea groups is 1. The van der Waals surface area contributed by atoms with Gasteiger partial charge < -0.3 is 25.2 Å². The number of aromatic nitrogens is 1. The fraction of sp³-hybridized carbons (Fsp3) is 0.355. The molecule has 0 atom stereocenters. The van der Waals surface area contributed by atoms with E-state index in [1.54, 1.807) is 30.1 Å². The summed E-state index contributed by atoms with van der Waals surface area (Å²) in [4.78, 5) is 36.0. The van der Waals surface area contributed by atoms with Gasteiger partial charge in [-0.25, -0.2) is 14.2 Å². The van der Waals surface area contributed by atoms with Crippen LogP contribution >= 0.6 is 12.2 Å². The average Bonchev–Trinajstić information content (AvgIpc) is 2.97. The zero-order valence-corrected chi connectivity index (χ0v) is 25.1. The van der Waals surface area contributed by atoms with E-state index >= 15 is 0 Å². The predicted octanol–water partition coefficient (Wildman–Crippen LogP) is 4.31. The van der Waals surface area contributed by atoms with Gasteiger partial charge in [0.25, 0.3) is 0 Å². The maximum atomic E-state index is 14.9. The molecule has 2 aliphatic heterocycles. The molecule has 43 heavy (non-hydrogen) atoms. The number of halogens is 1. The summed E-state index contributed by atoms with van der Waals surface area (Å²) >= 11 is 5.20. The number of nitrogens with zero attached hydrogens (tertiary/aromatic N) is 4. The van der Waals surface area contributed by atoms with E-state index in [1.165, 1.54) is 18.3 Å². The van der Waals surface area contributed by atoms with Crippen LogP contribution in [0.5, 0.6) is 11.5 Å². The van der Waals surface area contributed by atoms with E-state index in [-0.39, 0.29) is 35.3 Å². The van der Waals surface area contributed by atoms with Crippen molar-refractivity contribution in [1.82, 2.24) is 25.0 Å². The first-order valence-corrected chi connectivity index (χ1v) is 14.7. The highest BCUT2D eigenvalue weighted by molar-refractivity contribution is 7.80. The van der Waals surface area contributed by atoms with Crippen LogP contribution in [-0.4, -0.2) is 89.1 Å². The third-order valence-electron chi connectivity index (χ3n) is 7.77. The van der Waals surface area contributed by atoms with Crippen LogP contribution in [0.25, 0.3) is 0 Å². The van der Waals surface area contributed by atoms with E-state index in [0.29, 0.717) is 23.3 Å². The third kappa shape index (κ3) is 8.25. The van der Waals surface area contributed by atoms with Crippen molar-refractivity contribution in [1.29, 1.82) is 0 Å². The van der Waals surface area contributed by atoms with Crippen molar-refractivity contribution in [3.05, 3.63) is 78.2 Å². The van der Waals surface area contributed by atoms with Crippen LogP contribution in [-0.2, 0) is 11.2 Å². The molecule has 226 valence electrons. The number of carbonyl (C=O) groups is 2. The Bertz CT molecular complexity index is 1450. The van der Waals surface area contributed by atoms with E-state index in [9.17, 15) is 14.0 Å². The van der Waals surface area contributed by atoms with Crippen molar-refractivity contribution >= 4 is 40.8 Å². The number of rotatable bonds is 8. The Morgan fingerprint density at radius 3 is 2.51 bits per heavy atom. The molecule has 0 aliphatic carbocycles. The highest BCUT2D eigenvalue weighted by atomic mass is 32.1. The van der Waals surface area contributed by atoms with Crippen molar-refractivity contribution < 1.29 is 18.7 Å². The van der Waals surface area contributed by atoms with E-state index < -0.39 is 5.82 Å². The van der Waals surface area contributed by atoms with Crippen molar-refractivity contribution in [3.63, 3.8) is 0 Å². The monoisotopic (exact) mass is 605 g/mol. The summed E-state index contributed by atoms with van der Waals surface area (Å²) in [5.41, 5.74) is 1.21. The number of anilines is 2. The molecule has 3 aromatic rings. The second kappa shape index (κ2) is 13.9. The Morgan fingerprint density at radius 2 is 1.81 bits per heavy atom. The minimum Gasteiger partial charge on any atom is -0.454 e.